The van der Waals surface area contributed by atoms with Crippen molar-refractivity contribution in [2.24, 2.45) is 5.92 Å². The lowest BCUT2D eigenvalue weighted by Crippen LogP contribution is -2.37. The topological polar surface area (TPSA) is 59.1 Å². The Labute approximate surface area is 186 Å². The van der Waals surface area contributed by atoms with Crippen LogP contribution >= 0.6 is 0 Å². The fourth-order valence-corrected chi connectivity index (χ4v) is 4.60. The number of methoxy groups -OCH3 is 1. The van der Waals surface area contributed by atoms with Crippen molar-refractivity contribution in [2.45, 2.75) is 26.0 Å². The van der Waals surface area contributed by atoms with Gasteiger partial charge in [-0.2, -0.15) is 0 Å². The molecular formula is C26H24N2O4. The van der Waals surface area contributed by atoms with Gasteiger partial charge in [-0.1, -0.05) is 42.5 Å². The number of carbonyl (C=O) groups excluding carboxylic acids is 2. The molecule has 162 valence electrons. The van der Waals surface area contributed by atoms with E-state index in [1.165, 1.54) is 4.90 Å². The molecule has 0 radical (unpaired) electrons. The monoisotopic (exact) mass is 428 g/mol. The lowest BCUT2D eigenvalue weighted by molar-refractivity contribution is -0.126. The van der Waals surface area contributed by atoms with E-state index in [0.717, 1.165) is 28.1 Å². The van der Waals surface area contributed by atoms with E-state index in [-0.39, 0.29) is 11.8 Å². The van der Waals surface area contributed by atoms with E-state index in [2.05, 4.69) is 0 Å². The molecule has 2 aliphatic heterocycles. The molecule has 3 aromatic carbocycles. The maximum Gasteiger partial charge on any atom is 0.266 e. The van der Waals surface area contributed by atoms with Gasteiger partial charge >= 0.3 is 0 Å². The molecule has 32 heavy (non-hydrogen) atoms. The molecule has 0 spiro atoms. The largest absolute Gasteiger partial charge is 0.497 e. The van der Waals surface area contributed by atoms with Crippen LogP contribution in [0.15, 0.2) is 72.8 Å². The summed E-state index contributed by atoms with van der Waals surface area (Å²) in [5.41, 5.74) is 4.28. The summed E-state index contributed by atoms with van der Waals surface area (Å²) in [6.07, 6.45) is -0.880. The Morgan fingerprint density at radius 1 is 0.875 bits per heavy atom. The van der Waals surface area contributed by atoms with E-state index in [1.807, 2.05) is 80.6 Å². The molecule has 0 aromatic heterocycles. The van der Waals surface area contributed by atoms with Crippen LogP contribution in [0.1, 0.15) is 22.7 Å². The molecule has 2 fully saturated rings. The van der Waals surface area contributed by atoms with Gasteiger partial charge in [-0.15, -0.1) is 0 Å². The third-order valence-corrected chi connectivity index (χ3v) is 6.19. The second-order valence-electron chi connectivity index (χ2n) is 8.23. The van der Waals surface area contributed by atoms with Crippen LogP contribution < -0.4 is 14.7 Å². The summed E-state index contributed by atoms with van der Waals surface area (Å²) in [6, 6.07) is 22.3. The molecule has 3 aromatic rings. The van der Waals surface area contributed by atoms with E-state index >= 15 is 0 Å². The highest BCUT2D eigenvalue weighted by atomic mass is 16.7. The first-order valence-electron chi connectivity index (χ1n) is 10.6. The molecule has 2 aliphatic rings. The standard InChI is InChI=1S/C26H24N2O4/c1-16-7-6-9-19(15-16)27-25(29)22-23(18-11-13-20(31-3)14-12-18)28(32-24(22)26(27)30)21-10-5-4-8-17(21)2/h4-15,22-24H,1-3H3/t22-,23+,24-/m0/s1. The number of hydrogen-bond donors (Lipinski definition) is 0. The van der Waals surface area contributed by atoms with Gasteiger partial charge in [0, 0.05) is 0 Å². The Hall–Kier alpha value is -3.64. The molecule has 0 N–H and O–H groups in total. The molecule has 0 saturated carbocycles. The number of amides is 2. The van der Waals surface area contributed by atoms with Gasteiger partial charge < -0.3 is 4.74 Å². The number of fused-ring (bicyclic) bond motifs is 1. The van der Waals surface area contributed by atoms with Crippen LogP contribution in [0.2, 0.25) is 0 Å². The molecule has 2 saturated heterocycles. The highest BCUT2D eigenvalue weighted by Gasteiger charge is 2.60. The van der Waals surface area contributed by atoms with Crippen LogP contribution in [0, 0.1) is 19.8 Å². The van der Waals surface area contributed by atoms with Crippen molar-refractivity contribution >= 4 is 23.2 Å². The number of carbonyl (C=O) groups is 2. The zero-order valence-electron chi connectivity index (χ0n) is 18.2. The van der Waals surface area contributed by atoms with E-state index in [9.17, 15) is 9.59 Å². The number of anilines is 2. The normalized spacial score (nSPS) is 22.4. The SMILES string of the molecule is COc1ccc([C@@H]2[C@@H]3C(=O)N(c4cccc(C)c4)C(=O)[C@H]3ON2c2ccccc2C)cc1. The lowest BCUT2D eigenvalue weighted by atomic mass is 9.90. The van der Waals surface area contributed by atoms with Gasteiger partial charge in [0.2, 0.25) is 5.91 Å². The van der Waals surface area contributed by atoms with Gasteiger partial charge in [0.1, 0.15) is 11.7 Å². The summed E-state index contributed by atoms with van der Waals surface area (Å²) < 4.78 is 5.30. The summed E-state index contributed by atoms with van der Waals surface area (Å²) in [7, 11) is 1.61. The van der Waals surface area contributed by atoms with Crippen LogP contribution in [0.25, 0.3) is 0 Å². The molecule has 5 rings (SSSR count). The average Bonchev–Trinajstić information content (AvgIpc) is 3.30. The van der Waals surface area contributed by atoms with Gasteiger partial charge in [-0.25, -0.2) is 9.96 Å². The predicted octanol–water partition coefficient (Wildman–Crippen LogP) is 4.36. The summed E-state index contributed by atoms with van der Waals surface area (Å²) in [6.45, 7) is 3.92. The first-order chi connectivity index (χ1) is 15.5. The quantitative estimate of drug-likeness (QED) is 0.578. The maximum atomic E-state index is 13.7. The number of rotatable bonds is 4. The zero-order chi connectivity index (χ0) is 22.4. The molecule has 0 unspecified atom stereocenters. The Kier molecular flexibility index (Phi) is 4.94. The molecule has 0 bridgehead atoms. The predicted molar refractivity (Wildman–Crippen MR) is 121 cm³/mol. The van der Waals surface area contributed by atoms with Crippen molar-refractivity contribution in [3.8, 4) is 5.75 Å². The first-order valence-corrected chi connectivity index (χ1v) is 10.6. The highest BCUT2D eigenvalue weighted by Crippen LogP contribution is 2.48. The van der Waals surface area contributed by atoms with Crippen molar-refractivity contribution in [1.29, 1.82) is 0 Å². The van der Waals surface area contributed by atoms with Crippen molar-refractivity contribution in [1.82, 2.24) is 0 Å². The van der Waals surface area contributed by atoms with E-state index in [1.54, 1.807) is 18.2 Å². The molecule has 0 aliphatic carbocycles. The van der Waals surface area contributed by atoms with Crippen LogP contribution in [0.3, 0.4) is 0 Å². The number of ether oxygens (including phenoxy) is 1. The van der Waals surface area contributed by atoms with E-state index < -0.39 is 18.1 Å². The number of hydrogen-bond acceptors (Lipinski definition) is 5. The second-order valence-corrected chi connectivity index (χ2v) is 8.23. The minimum Gasteiger partial charge on any atom is -0.497 e. The second kappa shape index (κ2) is 7.80. The summed E-state index contributed by atoms with van der Waals surface area (Å²) in [5.74, 6) is -0.513. The summed E-state index contributed by atoms with van der Waals surface area (Å²) in [4.78, 5) is 34.5. The van der Waals surface area contributed by atoms with Crippen molar-refractivity contribution in [2.75, 3.05) is 17.1 Å². The maximum absolute atomic E-state index is 13.7. The van der Waals surface area contributed by atoms with Gasteiger partial charge in [0.05, 0.1) is 24.5 Å². The minimum atomic E-state index is -0.880. The van der Waals surface area contributed by atoms with E-state index in [4.69, 9.17) is 9.57 Å². The number of nitrogens with zero attached hydrogens (tertiary/aromatic N) is 2. The van der Waals surface area contributed by atoms with Crippen molar-refractivity contribution in [3.05, 3.63) is 89.5 Å². The van der Waals surface area contributed by atoms with Crippen LogP contribution in [-0.2, 0) is 14.4 Å². The Balaban J connectivity index is 1.60. The lowest BCUT2D eigenvalue weighted by Gasteiger charge is -2.30. The number of aryl methyl sites for hydroxylation is 2. The van der Waals surface area contributed by atoms with Gasteiger partial charge in [0.15, 0.2) is 6.10 Å². The fraction of sp³-hybridized carbons (Fsp3) is 0.231. The molecule has 2 heterocycles. The molecule has 6 nitrogen and oxygen atoms in total. The van der Waals surface area contributed by atoms with Gasteiger partial charge in [-0.05, 0) is 60.9 Å². The third-order valence-electron chi connectivity index (χ3n) is 6.19. The van der Waals surface area contributed by atoms with Crippen LogP contribution in [0.5, 0.6) is 5.75 Å². The van der Waals surface area contributed by atoms with E-state index in [0.29, 0.717) is 5.69 Å². The zero-order valence-corrected chi connectivity index (χ0v) is 18.2. The average molecular weight is 428 g/mol. The fourth-order valence-electron chi connectivity index (χ4n) is 4.60. The molecule has 3 atom stereocenters. The van der Waals surface area contributed by atoms with Crippen LogP contribution in [-0.4, -0.2) is 25.0 Å². The van der Waals surface area contributed by atoms with Crippen molar-refractivity contribution in [3.63, 3.8) is 0 Å². The molecule has 2 amide bonds. The highest BCUT2D eigenvalue weighted by molar-refractivity contribution is 6.24. The smallest absolute Gasteiger partial charge is 0.266 e. The van der Waals surface area contributed by atoms with Gasteiger partial charge in [0.25, 0.3) is 5.91 Å². The Bertz CT molecular complexity index is 1190. The van der Waals surface area contributed by atoms with Crippen molar-refractivity contribution < 1.29 is 19.2 Å². The number of hydroxylamine groups is 1. The number of para-hydroxylation sites is 1. The third kappa shape index (κ3) is 3.15. The Morgan fingerprint density at radius 2 is 1.62 bits per heavy atom. The minimum absolute atomic E-state index is 0.248. The number of benzene rings is 3. The molecule has 6 heteroatoms. The summed E-state index contributed by atoms with van der Waals surface area (Å²) in [5, 5.41) is 1.73. The first kappa shape index (κ1) is 20.3. The van der Waals surface area contributed by atoms with Crippen LogP contribution in [0.4, 0.5) is 11.4 Å². The number of imide groups is 1. The van der Waals surface area contributed by atoms with Gasteiger partial charge in [-0.3, -0.25) is 14.4 Å². The molecular weight excluding hydrogens is 404 g/mol. The summed E-state index contributed by atoms with van der Waals surface area (Å²) >= 11 is 0. The Morgan fingerprint density at radius 3 is 2.31 bits per heavy atom.